The van der Waals surface area contributed by atoms with Crippen molar-refractivity contribution in [1.29, 1.82) is 0 Å². The third kappa shape index (κ3) is 4.03. The van der Waals surface area contributed by atoms with Gasteiger partial charge in [-0.25, -0.2) is 5.10 Å². The van der Waals surface area contributed by atoms with Gasteiger partial charge in [0.1, 0.15) is 0 Å². The van der Waals surface area contributed by atoms with Gasteiger partial charge in [-0.15, -0.1) is 5.10 Å². The van der Waals surface area contributed by atoms with E-state index < -0.39 is 5.91 Å². The molecule has 0 bridgehead atoms. The number of amides is 2. The van der Waals surface area contributed by atoms with Crippen LogP contribution in [0.25, 0.3) is 0 Å². The van der Waals surface area contributed by atoms with Crippen molar-refractivity contribution in [2.75, 3.05) is 19.0 Å². The van der Waals surface area contributed by atoms with Gasteiger partial charge in [0.05, 0.1) is 13.7 Å². The number of carbonyl (C=O) groups is 2. The van der Waals surface area contributed by atoms with E-state index in [4.69, 9.17) is 4.74 Å². The van der Waals surface area contributed by atoms with E-state index >= 15 is 0 Å². The number of nitrogens with one attached hydrogen (secondary N) is 3. The average molecular weight is 289 g/mol. The Balaban J connectivity index is 1.85. The summed E-state index contributed by atoms with van der Waals surface area (Å²) in [4.78, 5) is 27.3. The van der Waals surface area contributed by atoms with Crippen LogP contribution in [0.4, 0.5) is 5.95 Å². The molecule has 0 radical (unpaired) electrons. The Labute approximate surface area is 120 Å². The van der Waals surface area contributed by atoms with Gasteiger partial charge < -0.3 is 10.1 Å². The number of methoxy groups -OCH3 is 1. The molecule has 0 aliphatic carbocycles. The van der Waals surface area contributed by atoms with Crippen LogP contribution in [-0.4, -0.2) is 40.7 Å². The van der Waals surface area contributed by atoms with Crippen LogP contribution in [0, 0.1) is 6.92 Å². The fraction of sp³-hybridized carbons (Fsp3) is 0.231. The molecule has 0 spiro atoms. The zero-order chi connectivity index (χ0) is 15.2. The van der Waals surface area contributed by atoms with Gasteiger partial charge in [-0.3, -0.25) is 14.9 Å². The number of aromatic nitrogens is 3. The fourth-order valence-electron chi connectivity index (χ4n) is 1.62. The van der Waals surface area contributed by atoms with E-state index in [2.05, 4.69) is 25.8 Å². The maximum Gasteiger partial charge on any atom is 0.336 e. The van der Waals surface area contributed by atoms with Crippen molar-refractivity contribution in [2.24, 2.45) is 0 Å². The maximum absolute atomic E-state index is 11.9. The number of H-pyrrole nitrogens is 1. The first-order chi connectivity index (χ1) is 10.1. The van der Waals surface area contributed by atoms with Crippen LogP contribution < -0.4 is 15.4 Å². The van der Waals surface area contributed by atoms with Crippen LogP contribution in [0.1, 0.15) is 15.9 Å². The molecule has 0 aliphatic heterocycles. The standard InChI is InChI=1S/C13H15N5O3/c1-8-4-3-5-9(6-8)11(20)14-7-10(19)15-12-16-13(21-2)18-17-12/h3-6H,7H2,1-2H3,(H,14,20)(H2,15,16,17,18,19). The van der Waals surface area contributed by atoms with E-state index in [9.17, 15) is 9.59 Å². The van der Waals surface area contributed by atoms with Crippen LogP contribution in [0.3, 0.4) is 0 Å². The topological polar surface area (TPSA) is 109 Å². The molecule has 0 atom stereocenters. The van der Waals surface area contributed by atoms with Crippen molar-refractivity contribution in [3.63, 3.8) is 0 Å². The normalized spacial score (nSPS) is 10.0. The SMILES string of the molecule is COc1n[nH]c(NC(=O)CNC(=O)c2cccc(C)c2)n1. The molecule has 1 heterocycles. The smallest absolute Gasteiger partial charge is 0.336 e. The molecule has 2 aromatic rings. The number of hydrogen-bond acceptors (Lipinski definition) is 5. The first kappa shape index (κ1) is 14.5. The van der Waals surface area contributed by atoms with Gasteiger partial charge in [-0.1, -0.05) is 17.7 Å². The molecule has 8 nitrogen and oxygen atoms in total. The Bertz CT molecular complexity index is 653. The van der Waals surface area contributed by atoms with Crippen molar-refractivity contribution in [3.8, 4) is 6.01 Å². The highest BCUT2D eigenvalue weighted by Crippen LogP contribution is 2.05. The molecule has 8 heteroatoms. The second kappa shape index (κ2) is 6.51. The highest BCUT2D eigenvalue weighted by molar-refractivity contribution is 5.98. The van der Waals surface area contributed by atoms with Gasteiger partial charge >= 0.3 is 6.01 Å². The zero-order valence-corrected chi connectivity index (χ0v) is 11.6. The lowest BCUT2D eigenvalue weighted by atomic mass is 10.1. The first-order valence-electron chi connectivity index (χ1n) is 6.19. The van der Waals surface area contributed by atoms with Crippen molar-refractivity contribution in [2.45, 2.75) is 6.92 Å². The molecule has 2 amide bonds. The summed E-state index contributed by atoms with van der Waals surface area (Å²) in [5.74, 6) is -0.583. The lowest BCUT2D eigenvalue weighted by Crippen LogP contribution is -2.33. The fourth-order valence-corrected chi connectivity index (χ4v) is 1.62. The van der Waals surface area contributed by atoms with Crippen LogP contribution in [0.5, 0.6) is 6.01 Å². The largest absolute Gasteiger partial charge is 0.466 e. The molecule has 0 saturated heterocycles. The van der Waals surface area contributed by atoms with E-state index in [1.54, 1.807) is 18.2 Å². The lowest BCUT2D eigenvalue weighted by molar-refractivity contribution is -0.115. The molecular weight excluding hydrogens is 274 g/mol. The minimum Gasteiger partial charge on any atom is -0.466 e. The monoisotopic (exact) mass is 289 g/mol. The number of nitrogens with zero attached hydrogens (tertiary/aromatic N) is 2. The molecule has 2 rings (SSSR count). The molecule has 1 aromatic carbocycles. The zero-order valence-electron chi connectivity index (χ0n) is 11.6. The summed E-state index contributed by atoms with van der Waals surface area (Å²) < 4.78 is 4.77. The van der Waals surface area contributed by atoms with Crippen molar-refractivity contribution < 1.29 is 14.3 Å². The highest BCUT2D eigenvalue weighted by atomic mass is 16.5. The summed E-state index contributed by atoms with van der Waals surface area (Å²) in [5, 5.41) is 11.1. The summed E-state index contributed by atoms with van der Waals surface area (Å²) in [5.41, 5.74) is 1.48. The van der Waals surface area contributed by atoms with Crippen LogP contribution >= 0.6 is 0 Å². The molecule has 3 N–H and O–H groups in total. The number of carbonyl (C=O) groups excluding carboxylic acids is 2. The predicted octanol–water partition coefficient (Wildman–Crippen LogP) is 0.490. The maximum atomic E-state index is 11.9. The van der Waals surface area contributed by atoms with Gasteiger partial charge in [0.2, 0.25) is 11.9 Å². The summed E-state index contributed by atoms with van der Waals surface area (Å²) in [6, 6.07) is 7.22. The molecule has 21 heavy (non-hydrogen) atoms. The Morgan fingerprint density at radius 1 is 1.38 bits per heavy atom. The van der Waals surface area contributed by atoms with E-state index in [-0.39, 0.29) is 24.4 Å². The summed E-state index contributed by atoms with van der Waals surface area (Å²) in [7, 11) is 1.41. The number of benzene rings is 1. The molecule has 0 unspecified atom stereocenters. The molecule has 0 aliphatic rings. The molecule has 0 saturated carbocycles. The van der Waals surface area contributed by atoms with Gasteiger partial charge in [-0.05, 0) is 19.1 Å². The molecule has 0 fully saturated rings. The lowest BCUT2D eigenvalue weighted by Gasteiger charge is -2.05. The number of aromatic amines is 1. The predicted molar refractivity (Wildman–Crippen MR) is 75.1 cm³/mol. The Hall–Kier alpha value is -2.90. The Morgan fingerprint density at radius 3 is 2.86 bits per heavy atom. The number of hydrogen-bond donors (Lipinski definition) is 3. The molecular formula is C13H15N5O3. The van der Waals surface area contributed by atoms with Crippen molar-refractivity contribution >= 4 is 17.8 Å². The number of rotatable bonds is 5. The number of aryl methyl sites for hydroxylation is 1. The molecule has 1 aromatic heterocycles. The van der Waals surface area contributed by atoms with E-state index in [0.717, 1.165) is 5.56 Å². The van der Waals surface area contributed by atoms with Gasteiger partial charge in [0, 0.05) is 5.56 Å². The van der Waals surface area contributed by atoms with Gasteiger partial charge in [0.15, 0.2) is 0 Å². The Morgan fingerprint density at radius 2 is 2.19 bits per heavy atom. The van der Waals surface area contributed by atoms with Gasteiger partial charge in [-0.2, -0.15) is 4.98 Å². The number of anilines is 1. The first-order valence-corrected chi connectivity index (χ1v) is 6.19. The summed E-state index contributed by atoms with van der Waals surface area (Å²) >= 11 is 0. The minimum absolute atomic E-state index is 0.120. The quantitative estimate of drug-likeness (QED) is 0.742. The molecule has 110 valence electrons. The van der Waals surface area contributed by atoms with Gasteiger partial charge in [0.25, 0.3) is 5.91 Å². The Kier molecular flexibility index (Phi) is 4.50. The second-order valence-corrected chi connectivity index (χ2v) is 4.27. The van der Waals surface area contributed by atoms with Crippen LogP contribution in [0.2, 0.25) is 0 Å². The minimum atomic E-state index is -0.421. The van der Waals surface area contributed by atoms with Crippen LogP contribution in [0.15, 0.2) is 24.3 Å². The third-order valence-electron chi connectivity index (χ3n) is 2.60. The second-order valence-electron chi connectivity index (χ2n) is 4.27. The van der Waals surface area contributed by atoms with Crippen molar-refractivity contribution in [1.82, 2.24) is 20.5 Å². The van der Waals surface area contributed by atoms with E-state index in [1.807, 2.05) is 13.0 Å². The summed E-state index contributed by atoms with van der Waals surface area (Å²) in [6.45, 7) is 1.72. The van der Waals surface area contributed by atoms with E-state index in [0.29, 0.717) is 5.56 Å². The van der Waals surface area contributed by atoms with Crippen molar-refractivity contribution in [3.05, 3.63) is 35.4 Å². The number of ether oxygens (including phenoxy) is 1. The van der Waals surface area contributed by atoms with E-state index in [1.165, 1.54) is 7.11 Å². The summed E-state index contributed by atoms with van der Waals surface area (Å²) in [6.07, 6.45) is 0. The highest BCUT2D eigenvalue weighted by Gasteiger charge is 2.10. The third-order valence-corrected chi connectivity index (χ3v) is 2.60. The van der Waals surface area contributed by atoms with Crippen LogP contribution in [-0.2, 0) is 4.79 Å². The average Bonchev–Trinajstić information content (AvgIpc) is 2.92.